The molecule has 0 unspecified atom stereocenters. The summed E-state index contributed by atoms with van der Waals surface area (Å²) >= 11 is 0. The van der Waals surface area contributed by atoms with Crippen molar-refractivity contribution in [3.8, 4) is 0 Å². The summed E-state index contributed by atoms with van der Waals surface area (Å²) in [5, 5.41) is 0. The van der Waals surface area contributed by atoms with Crippen LogP contribution in [-0.4, -0.2) is 11.3 Å². The Labute approximate surface area is 143 Å². The molecule has 0 spiro atoms. The molecular formula is C12H20Cl4N4. The standard InChI is InChI=1S/C12H16N4.4ClH/c13-11(14)5-1-9(2-6-11)10-3-7-12(15,16)8-4-10;;;;/h1-8H,13-16H2;4*1H. The first kappa shape index (κ1) is 24.7. The van der Waals surface area contributed by atoms with Gasteiger partial charge in [-0.25, -0.2) is 0 Å². The summed E-state index contributed by atoms with van der Waals surface area (Å²) in [6, 6.07) is 0. The first-order valence-electron chi connectivity index (χ1n) is 5.05. The number of hydrogen-bond donors (Lipinski definition) is 4. The molecule has 116 valence electrons. The van der Waals surface area contributed by atoms with E-state index in [1.807, 2.05) is 24.3 Å². The van der Waals surface area contributed by atoms with Crippen molar-refractivity contribution < 1.29 is 0 Å². The zero-order valence-electron chi connectivity index (χ0n) is 10.6. The Kier molecular flexibility index (Phi) is 11.0. The van der Waals surface area contributed by atoms with E-state index in [0.29, 0.717) is 0 Å². The molecule has 4 nitrogen and oxygen atoms in total. The van der Waals surface area contributed by atoms with E-state index in [1.54, 1.807) is 24.3 Å². The fourth-order valence-corrected chi connectivity index (χ4v) is 1.54. The molecule has 0 aromatic heterocycles. The van der Waals surface area contributed by atoms with Gasteiger partial charge in [-0.05, 0) is 35.5 Å². The van der Waals surface area contributed by atoms with Gasteiger partial charge in [0.1, 0.15) is 11.3 Å². The van der Waals surface area contributed by atoms with Crippen molar-refractivity contribution in [2.24, 2.45) is 22.9 Å². The van der Waals surface area contributed by atoms with Crippen LogP contribution in [0, 0.1) is 0 Å². The predicted molar refractivity (Wildman–Crippen MR) is 94.8 cm³/mol. The zero-order chi connectivity index (χ0) is 11.8. The minimum Gasteiger partial charge on any atom is -0.307 e. The molecule has 0 bridgehead atoms. The van der Waals surface area contributed by atoms with Gasteiger partial charge in [-0.15, -0.1) is 49.6 Å². The van der Waals surface area contributed by atoms with E-state index in [0.717, 1.165) is 11.1 Å². The Morgan fingerprint density at radius 3 is 0.900 bits per heavy atom. The van der Waals surface area contributed by atoms with E-state index >= 15 is 0 Å². The summed E-state index contributed by atoms with van der Waals surface area (Å²) in [6.07, 6.45) is 14.6. The Morgan fingerprint density at radius 2 is 0.700 bits per heavy atom. The van der Waals surface area contributed by atoms with Gasteiger partial charge in [0.05, 0.1) is 0 Å². The summed E-state index contributed by atoms with van der Waals surface area (Å²) in [5.41, 5.74) is 23.2. The van der Waals surface area contributed by atoms with Gasteiger partial charge in [0.25, 0.3) is 0 Å². The third-order valence-electron chi connectivity index (χ3n) is 2.54. The van der Waals surface area contributed by atoms with Crippen LogP contribution in [0.25, 0.3) is 0 Å². The highest BCUT2D eigenvalue weighted by Gasteiger charge is 2.17. The largest absolute Gasteiger partial charge is 0.307 e. The number of rotatable bonds is 0. The molecule has 0 atom stereocenters. The Morgan fingerprint density at radius 1 is 0.500 bits per heavy atom. The molecule has 8 heteroatoms. The van der Waals surface area contributed by atoms with Gasteiger partial charge >= 0.3 is 0 Å². The second-order valence-corrected chi connectivity index (χ2v) is 4.24. The molecule has 0 aromatic rings. The second kappa shape index (κ2) is 8.87. The highest BCUT2D eigenvalue weighted by atomic mass is 35.5. The molecule has 2 aliphatic carbocycles. The monoisotopic (exact) mass is 360 g/mol. The topological polar surface area (TPSA) is 104 Å². The molecule has 0 saturated carbocycles. The van der Waals surface area contributed by atoms with E-state index in [1.165, 1.54) is 0 Å². The Balaban J connectivity index is -0.000000722. The van der Waals surface area contributed by atoms with Gasteiger partial charge in [-0.1, -0.05) is 24.3 Å². The van der Waals surface area contributed by atoms with Crippen molar-refractivity contribution >= 4 is 49.6 Å². The molecule has 20 heavy (non-hydrogen) atoms. The maximum Gasteiger partial charge on any atom is 0.103 e. The SMILES string of the molecule is Cl.Cl.Cl.Cl.NC1(N)C=CC(=C2C=CC(N)(N)C=C2)C=C1. The minimum atomic E-state index is -0.850. The molecular weight excluding hydrogens is 342 g/mol. The number of nitrogens with two attached hydrogens (primary N) is 4. The predicted octanol–water partition coefficient (Wildman–Crippen LogP) is 1.45. The van der Waals surface area contributed by atoms with Crippen molar-refractivity contribution in [3.05, 3.63) is 59.8 Å². The normalized spacial score (nSPS) is 20.2. The number of hydrogen-bond acceptors (Lipinski definition) is 4. The summed E-state index contributed by atoms with van der Waals surface area (Å²) < 4.78 is 0. The van der Waals surface area contributed by atoms with E-state index < -0.39 is 11.3 Å². The maximum atomic E-state index is 5.72. The summed E-state index contributed by atoms with van der Waals surface area (Å²) in [7, 11) is 0. The average Bonchev–Trinajstić information content (AvgIpc) is 2.19. The van der Waals surface area contributed by atoms with Crippen LogP contribution in [-0.2, 0) is 0 Å². The van der Waals surface area contributed by atoms with Crippen LogP contribution in [0.15, 0.2) is 59.8 Å². The summed E-state index contributed by atoms with van der Waals surface area (Å²) in [6.45, 7) is 0. The lowest BCUT2D eigenvalue weighted by Gasteiger charge is -2.22. The van der Waals surface area contributed by atoms with Gasteiger partial charge in [-0.3, -0.25) is 0 Å². The van der Waals surface area contributed by atoms with Gasteiger partial charge < -0.3 is 22.9 Å². The summed E-state index contributed by atoms with van der Waals surface area (Å²) in [5.74, 6) is 0. The fourth-order valence-electron chi connectivity index (χ4n) is 1.54. The van der Waals surface area contributed by atoms with Gasteiger partial charge in [-0.2, -0.15) is 0 Å². The Bertz CT molecular complexity index is 384. The molecule has 0 amide bonds. The minimum absolute atomic E-state index is 0. The third-order valence-corrected chi connectivity index (χ3v) is 2.54. The lowest BCUT2D eigenvalue weighted by Crippen LogP contribution is -2.46. The fraction of sp³-hybridized carbons (Fsp3) is 0.167. The first-order valence-corrected chi connectivity index (χ1v) is 5.05. The van der Waals surface area contributed by atoms with E-state index in [9.17, 15) is 0 Å². The van der Waals surface area contributed by atoms with Crippen LogP contribution in [0.2, 0.25) is 0 Å². The quantitative estimate of drug-likeness (QED) is 0.490. The van der Waals surface area contributed by atoms with E-state index in [4.69, 9.17) is 22.9 Å². The highest BCUT2D eigenvalue weighted by molar-refractivity contribution is 5.86. The van der Waals surface area contributed by atoms with Gasteiger partial charge in [0, 0.05) is 0 Å². The van der Waals surface area contributed by atoms with Crippen molar-refractivity contribution in [1.29, 1.82) is 0 Å². The van der Waals surface area contributed by atoms with E-state index in [-0.39, 0.29) is 49.6 Å². The van der Waals surface area contributed by atoms with Crippen LogP contribution >= 0.6 is 49.6 Å². The third kappa shape index (κ3) is 6.43. The van der Waals surface area contributed by atoms with Gasteiger partial charge in [0.15, 0.2) is 0 Å². The molecule has 0 radical (unpaired) electrons. The van der Waals surface area contributed by atoms with Gasteiger partial charge in [0.2, 0.25) is 0 Å². The molecule has 0 aromatic carbocycles. The van der Waals surface area contributed by atoms with E-state index in [2.05, 4.69) is 0 Å². The number of halogens is 4. The average molecular weight is 362 g/mol. The molecule has 0 aliphatic heterocycles. The molecule has 0 fully saturated rings. The molecule has 2 aliphatic rings. The molecule has 0 heterocycles. The van der Waals surface area contributed by atoms with Crippen molar-refractivity contribution in [2.75, 3.05) is 0 Å². The summed E-state index contributed by atoms with van der Waals surface area (Å²) in [4.78, 5) is 0. The van der Waals surface area contributed by atoms with Crippen molar-refractivity contribution in [3.63, 3.8) is 0 Å². The van der Waals surface area contributed by atoms with Crippen LogP contribution in [0.5, 0.6) is 0 Å². The molecule has 0 saturated heterocycles. The smallest absolute Gasteiger partial charge is 0.103 e. The van der Waals surface area contributed by atoms with Crippen LogP contribution in [0.3, 0.4) is 0 Å². The van der Waals surface area contributed by atoms with Crippen LogP contribution in [0.4, 0.5) is 0 Å². The second-order valence-electron chi connectivity index (χ2n) is 4.24. The lowest BCUT2D eigenvalue weighted by atomic mass is 9.94. The van der Waals surface area contributed by atoms with Crippen LogP contribution < -0.4 is 22.9 Å². The Hall–Kier alpha value is -0.300. The highest BCUT2D eigenvalue weighted by Crippen LogP contribution is 2.21. The zero-order valence-corrected chi connectivity index (χ0v) is 13.8. The van der Waals surface area contributed by atoms with Crippen molar-refractivity contribution in [1.82, 2.24) is 0 Å². The number of allylic oxidation sites excluding steroid dienone is 6. The van der Waals surface area contributed by atoms with Crippen LogP contribution in [0.1, 0.15) is 0 Å². The first-order chi connectivity index (χ1) is 7.38. The lowest BCUT2D eigenvalue weighted by molar-refractivity contribution is 0.685. The molecule has 2 rings (SSSR count). The maximum absolute atomic E-state index is 5.72. The van der Waals surface area contributed by atoms with Crippen molar-refractivity contribution in [2.45, 2.75) is 11.3 Å². The molecule has 8 N–H and O–H groups in total.